The zero-order valence-electron chi connectivity index (χ0n) is 13.5. The normalized spacial score (nSPS) is 11.0. The van der Waals surface area contributed by atoms with Gasteiger partial charge in [0.05, 0.1) is 21.6 Å². The lowest BCUT2D eigenvalue weighted by atomic mass is 10.2. The average molecular weight is 362 g/mol. The maximum atomic E-state index is 12.5. The Morgan fingerprint density at radius 3 is 2.50 bits per heavy atom. The summed E-state index contributed by atoms with van der Waals surface area (Å²) in [6.45, 7) is 0. The second kappa shape index (κ2) is 6.37. The predicted octanol–water partition coefficient (Wildman–Crippen LogP) is 3.50. The molecule has 3 aromatic rings. The van der Waals surface area contributed by atoms with Gasteiger partial charge in [0.15, 0.2) is 0 Å². The van der Waals surface area contributed by atoms with E-state index >= 15 is 0 Å². The molecular weight excluding hydrogens is 346 g/mol. The van der Waals surface area contributed by atoms with Gasteiger partial charge in [-0.05, 0) is 42.7 Å². The van der Waals surface area contributed by atoms with Crippen molar-refractivity contribution in [1.82, 2.24) is 9.13 Å². The van der Waals surface area contributed by atoms with Gasteiger partial charge in [-0.2, -0.15) is 0 Å². The average Bonchev–Trinajstić information content (AvgIpc) is 2.79. The van der Waals surface area contributed by atoms with Gasteiger partial charge in [-0.15, -0.1) is 11.8 Å². The molecule has 0 bridgehead atoms. The van der Waals surface area contributed by atoms with Crippen molar-refractivity contribution in [3.05, 3.63) is 57.5 Å². The molecule has 1 amide bonds. The van der Waals surface area contributed by atoms with Crippen LogP contribution in [0.3, 0.4) is 0 Å². The number of halogens is 1. The quantitative estimate of drug-likeness (QED) is 0.726. The number of anilines is 1. The van der Waals surface area contributed by atoms with Crippen LogP contribution in [0.15, 0.2) is 46.1 Å². The molecule has 0 radical (unpaired) electrons. The Kier molecular flexibility index (Phi) is 4.43. The van der Waals surface area contributed by atoms with Gasteiger partial charge in [-0.3, -0.25) is 13.9 Å². The lowest BCUT2D eigenvalue weighted by Gasteiger charge is -2.08. The fraction of sp³-hybridized carbons (Fsp3) is 0.176. The van der Waals surface area contributed by atoms with Crippen LogP contribution in [-0.4, -0.2) is 21.3 Å². The number of imidazole rings is 1. The largest absolute Gasteiger partial charge is 0.328 e. The summed E-state index contributed by atoms with van der Waals surface area (Å²) in [4.78, 5) is 25.5. The van der Waals surface area contributed by atoms with Crippen molar-refractivity contribution < 1.29 is 4.79 Å². The van der Waals surface area contributed by atoms with E-state index < -0.39 is 0 Å². The summed E-state index contributed by atoms with van der Waals surface area (Å²) in [6.07, 6.45) is 1.94. The third kappa shape index (κ3) is 2.83. The summed E-state index contributed by atoms with van der Waals surface area (Å²) >= 11 is 7.68. The van der Waals surface area contributed by atoms with Crippen molar-refractivity contribution in [3.63, 3.8) is 0 Å². The third-order valence-electron chi connectivity index (χ3n) is 3.95. The summed E-state index contributed by atoms with van der Waals surface area (Å²) in [5, 5.41) is 3.24. The van der Waals surface area contributed by atoms with Crippen LogP contribution < -0.4 is 11.0 Å². The van der Waals surface area contributed by atoms with Gasteiger partial charge in [-0.25, -0.2) is 4.79 Å². The summed E-state index contributed by atoms with van der Waals surface area (Å²) in [6, 6.07) is 10.7. The van der Waals surface area contributed by atoms with Crippen LogP contribution in [-0.2, 0) is 14.1 Å². The molecule has 0 aliphatic heterocycles. The minimum absolute atomic E-state index is 0.107. The fourth-order valence-electron chi connectivity index (χ4n) is 2.59. The van der Waals surface area contributed by atoms with Crippen molar-refractivity contribution >= 4 is 46.0 Å². The molecule has 2 aromatic carbocycles. The minimum Gasteiger partial charge on any atom is -0.322 e. The molecule has 24 heavy (non-hydrogen) atoms. The number of hydrogen-bond acceptors (Lipinski definition) is 3. The lowest BCUT2D eigenvalue weighted by Crippen LogP contribution is -2.19. The fourth-order valence-corrected chi connectivity index (χ4v) is 3.23. The first-order valence-electron chi connectivity index (χ1n) is 7.22. The van der Waals surface area contributed by atoms with E-state index in [1.54, 1.807) is 59.3 Å². The Morgan fingerprint density at radius 2 is 1.79 bits per heavy atom. The second-order valence-corrected chi connectivity index (χ2v) is 6.69. The van der Waals surface area contributed by atoms with Crippen molar-refractivity contribution in [3.8, 4) is 0 Å². The van der Waals surface area contributed by atoms with E-state index in [0.717, 1.165) is 15.9 Å². The van der Waals surface area contributed by atoms with Crippen LogP contribution >= 0.6 is 23.4 Å². The molecule has 3 rings (SSSR count). The smallest absolute Gasteiger partial charge is 0.322 e. The Labute approximate surface area is 148 Å². The van der Waals surface area contributed by atoms with E-state index in [2.05, 4.69) is 5.32 Å². The Bertz CT molecular complexity index is 1010. The summed E-state index contributed by atoms with van der Waals surface area (Å²) in [5.41, 5.74) is 2.49. The first-order valence-corrected chi connectivity index (χ1v) is 8.83. The van der Waals surface area contributed by atoms with Crippen LogP contribution in [0, 0.1) is 0 Å². The molecule has 1 heterocycles. The van der Waals surface area contributed by atoms with Gasteiger partial charge in [0.2, 0.25) is 0 Å². The summed E-state index contributed by atoms with van der Waals surface area (Å²) in [7, 11) is 3.42. The van der Waals surface area contributed by atoms with E-state index in [0.29, 0.717) is 16.3 Å². The molecule has 1 aromatic heterocycles. The highest BCUT2D eigenvalue weighted by molar-refractivity contribution is 7.98. The number of carbonyl (C=O) groups is 1. The Hall–Kier alpha value is -2.18. The van der Waals surface area contributed by atoms with E-state index in [1.165, 1.54) is 0 Å². The van der Waals surface area contributed by atoms with Crippen molar-refractivity contribution in [2.75, 3.05) is 11.6 Å². The Morgan fingerprint density at radius 1 is 1.08 bits per heavy atom. The number of thioether (sulfide) groups is 1. The van der Waals surface area contributed by atoms with Gasteiger partial charge in [0, 0.05) is 24.7 Å². The zero-order chi connectivity index (χ0) is 17.4. The summed E-state index contributed by atoms with van der Waals surface area (Å²) < 4.78 is 3.12. The van der Waals surface area contributed by atoms with E-state index in [1.807, 2.05) is 18.4 Å². The molecule has 0 atom stereocenters. The topological polar surface area (TPSA) is 56.0 Å². The first-order chi connectivity index (χ1) is 11.4. The van der Waals surface area contributed by atoms with Crippen molar-refractivity contribution in [2.24, 2.45) is 14.1 Å². The number of aryl methyl sites for hydroxylation is 2. The zero-order valence-corrected chi connectivity index (χ0v) is 15.0. The number of fused-ring (bicyclic) bond motifs is 1. The predicted molar refractivity (Wildman–Crippen MR) is 99.3 cm³/mol. The highest BCUT2D eigenvalue weighted by Crippen LogP contribution is 2.24. The number of nitrogens with one attached hydrogen (secondary N) is 1. The second-order valence-electron chi connectivity index (χ2n) is 5.40. The number of aromatic nitrogens is 2. The molecule has 0 aliphatic carbocycles. The molecule has 0 unspecified atom stereocenters. The van der Waals surface area contributed by atoms with Gasteiger partial charge < -0.3 is 5.32 Å². The molecule has 5 nitrogen and oxygen atoms in total. The molecule has 7 heteroatoms. The number of amides is 1. The van der Waals surface area contributed by atoms with Gasteiger partial charge in [-0.1, -0.05) is 11.6 Å². The number of rotatable bonds is 3. The summed E-state index contributed by atoms with van der Waals surface area (Å²) in [5.74, 6) is -0.281. The first kappa shape index (κ1) is 16.7. The third-order valence-corrected chi connectivity index (χ3v) is 5.00. The lowest BCUT2D eigenvalue weighted by molar-refractivity contribution is 0.102. The molecule has 0 saturated heterocycles. The maximum absolute atomic E-state index is 12.5. The van der Waals surface area contributed by atoms with E-state index in [9.17, 15) is 9.59 Å². The number of nitrogens with zero attached hydrogens (tertiary/aromatic N) is 2. The molecule has 0 fully saturated rings. The van der Waals surface area contributed by atoms with Crippen LogP contribution in [0.1, 0.15) is 10.4 Å². The van der Waals surface area contributed by atoms with Crippen molar-refractivity contribution in [2.45, 2.75) is 4.90 Å². The molecule has 0 spiro atoms. The highest BCUT2D eigenvalue weighted by Gasteiger charge is 2.13. The number of hydrogen-bond donors (Lipinski definition) is 1. The van der Waals surface area contributed by atoms with Crippen LogP contribution in [0.25, 0.3) is 11.0 Å². The molecule has 124 valence electrons. The SMILES string of the molecule is CSc1ccc(Cl)c(C(=O)Nc2ccc3c(c2)n(C)c(=O)n3C)c1. The van der Waals surface area contributed by atoms with Crippen LogP contribution in [0.5, 0.6) is 0 Å². The maximum Gasteiger partial charge on any atom is 0.328 e. The molecular formula is C17H16ClN3O2S. The Balaban J connectivity index is 1.96. The van der Waals surface area contributed by atoms with Crippen LogP contribution in [0.4, 0.5) is 5.69 Å². The molecule has 0 saturated carbocycles. The monoisotopic (exact) mass is 361 g/mol. The van der Waals surface area contributed by atoms with E-state index in [-0.39, 0.29) is 11.6 Å². The molecule has 1 N–H and O–H groups in total. The van der Waals surface area contributed by atoms with Crippen LogP contribution in [0.2, 0.25) is 5.02 Å². The van der Waals surface area contributed by atoms with Gasteiger partial charge in [0.1, 0.15) is 0 Å². The van der Waals surface area contributed by atoms with E-state index in [4.69, 9.17) is 11.6 Å². The standard InChI is InChI=1S/C17H16ClN3O2S/c1-20-14-7-4-10(8-15(14)21(2)17(20)23)19-16(22)12-9-11(24-3)5-6-13(12)18/h4-9H,1-3H3,(H,19,22). The van der Waals surface area contributed by atoms with Gasteiger partial charge in [0.25, 0.3) is 5.91 Å². The number of carbonyl (C=O) groups excluding carboxylic acids is 1. The number of benzene rings is 2. The van der Waals surface area contributed by atoms with Gasteiger partial charge >= 0.3 is 5.69 Å². The molecule has 0 aliphatic rings. The minimum atomic E-state index is -0.281. The van der Waals surface area contributed by atoms with Crippen molar-refractivity contribution in [1.29, 1.82) is 0 Å². The highest BCUT2D eigenvalue weighted by atomic mass is 35.5.